The number of hydrogen-bond donors (Lipinski definition) is 0. The summed E-state index contributed by atoms with van der Waals surface area (Å²) in [6.45, 7) is 1.38. The van der Waals surface area contributed by atoms with E-state index in [1.807, 2.05) is 60.7 Å². The molecule has 1 heterocycles. The minimum Gasteiger partial charge on any atom is -0.376 e. The van der Waals surface area contributed by atoms with Crippen molar-refractivity contribution in [2.24, 2.45) is 0 Å². The number of Topliss-reactive ketones (excluding diaryl/α,β-unsaturated/α-hetero) is 1. The van der Waals surface area contributed by atoms with Crippen molar-refractivity contribution in [3.05, 3.63) is 71.8 Å². The third kappa shape index (κ3) is 4.92. The number of ether oxygens (including phenoxy) is 3. The van der Waals surface area contributed by atoms with Gasteiger partial charge in [-0.2, -0.15) is 0 Å². The second-order valence-electron chi connectivity index (χ2n) is 5.86. The molecule has 1 aliphatic heterocycles. The lowest BCUT2D eigenvalue weighted by Crippen LogP contribution is -2.33. The van der Waals surface area contributed by atoms with Crippen LogP contribution in [0.3, 0.4) is 0 Å². The Morgan fingerprint density at radius 2 is 1.52 bits per heavy atom. The number of carbonyl (C=O) groups is 1. The number of thioether (sulfide) groups is 1. The topological polar surface area (TPSA) is 44.8 Å². The van der Waals surface area contributed by atoms with E-state index in [1.54, 1.807) is 7.11 Å². The average molecular weight is 358 g/mol. The summed E-state index contributed by atoms with van der Waals surface area (Å²) in [7, 11) is 1.55. The molecule has 0 N–H and O–H groups in total. The number of methoxy groups -OCH3 is 1. The van der Waals surface area contributed by atoms with Crippen LogP contribution in [-0.2, 0) is 32.2 Å². The Morgan fingerprint density at radius 1 is 0.920 bits per heavy atom. The number of benzene rings is 2. The van der Waals surface area contributed by atoms with Gasteiger partial charge in [-0.25, -0.2) is 0 Å². The molecule has 1 saturated heterocycles. The van der Waals surface area contributed by atoms with Gasteiger partial charge < -0.3 is 14.2 Å². The smallest absolute Gasteiger partial charge is 0.201 e. The Labute approximate surface area is 152 Å². The standard InChI is InChI=1S/C20H22O4S/c1-22-20-18(21)19(24-13-16-10-6-3-7-11-16)17(25-20)14-23-12-15-8-4-2-5-9-15/h2-11,17,19-20H,12-14H2,1H3/t17-,19-,20?/m1/s1. The van der Waals surface area contributed by atoms with Crippen LogP contribution in [0.25, 0.3) is 0 Å². The summed E-state index contributed by atoms with van der Waals surface area (Å²) in [5.41, 5.74) is 1.68. The largest absolute Gasteiger partial charge is 0.376 e. The third-order valence-corrected chi connectivity index (χ3v) is 5.43. The quantitative estimate of drug-likeness (QED) is 0.723. The van der Waals surface area contributed by atoms with E-state index >= 15 is 0 Å². The van der Waals surface area contributed by atoms with Crippen LogP contribution in [0.4, 0.5) is 0 Å². The van der Waals surface area contributed by atoms with E-state index < -0.39 is 11.5 Å². The highest BCUT2D eigenvalue weighted by Crippen LogP contribution is 2.34. The molecule has 0 bridgehead atoms. The molecule has 3 atom stereocenters. The van der Waals surface area contributed by atoms with Gasteiger partial charge in [-0.3, -0.25) is 4.79 Å². The van der Waals surface area contributed by atoms with Crippen LogP contribution in [0.15, 0.2) is 60.7 Å². The van der Waals surface area contributed by atoms with E-state index in [4.69, 9.17) is 14.2 Å². The zero-order valence-corrected chi connectivity index (χ0v) is 15.0. The first-order valence-electron chi connectivity index (χ1n) is 8.27. The predicted octanol–water partition coefficient (Wildman–Crippen LogP) is 3.45. The maximum absolute atomic E-state index is 12.5. The summed E-state index contributed by atoms with van der Waals surface area (Å²) in [6, 6.07) is 19.8. The first-order valence-corrected chi connectivity index (χ1v) is 9.21. The molecule has 132 valence electrons. The molecule has 4 nitrogen and oxygen atoms in total. The summed E-state index contributed by atoms with van der Waals surface area (Å²) in [4.78, 5) is 12.5. The van der Waals surface area contributed by atoms with Gasteiger partial charge in [0.2, 0.25) is 5.78 Å². The van der Waals surface area contributed by atoms with Crippen molar-refractivity contribution in [2.45, 2.75) is 30.0 Å². The van der Waals surface area contributed by atoms with Gasteiger partial charge in [0.25, 0.3) is 0 Å². The molecule has 1 unspecified atom stereocenters. The molecule has 2 aromatic rings. The van der Waals surface area contributed by atoms with Gasteiger partial charge in [0.05, 0.1) is 25.1 Å². The fourth-order valence-electron chi connectivity index (χ4n) is 2.73. The van der Waals surface area contributed by atoms with Gasteiger partial charge in [-0.15, -0.1) is 11.8 Å². The highest BCUT2D eigenvalue weighted by molar-refractivity contribution is 8.01. The molecular weight excluding hydrogens is 336 g/mol. The molecule has 1 aliphatic rings. The predicted molar refractivity (Wildman–Crippen MR) is 98.3 cm³/mol. The van der Waals surface area contributed by atoms with E-state index in [9.17, 15) is 4.79 Å². The first-order chi connectivity index (χ1) is 12.3. The molecule has 0 spiro atoms. The molecule has 0 saturated carbocycles. The van der Waals surface area contributed by atoms with E-state index in [0.29, 0.717) is 19.8 Å². The Balaban J connectivity index is 1.56. The second kappa shape index (κ2) is 9.15. The van der Waals surface area contributed by atoms with Crippen LogP contribution >= 0.6 is 11.8 Å². The molecule has 5 heteroatoms. The summed E-state index contributed by atoms with van der Waals surface area (Å²) in [5, 5.41) is -0.0649. The van der Waals surface area contributed by atoms with Crippen LogP contribution in [-0.4, -0.2) is 36.3 Å². The van der Waals surface area contributed by atoms with Gasteiger partial charge >= 0.3 is 0 Å². The lowest BCUT2D eigenvalue weighted by atomic mass is 10.1. The maximum atomic E-state index is 12.5. The van der Waals surface area contributed by atoms with E-state index in [-0.39, 0.29) is 11.0 Å². The summed E-state index contributed by atoms with van der Waals surface area (Å²) >= 11 is 1.48. The average Bonchev–Trinajstić information content (AvgIpc) is 2.97. The highest BCUT2D eigenvalue weighted by atomic mass is 32.2. The maximum Gasteiger partial charge on any atom is 0.201 e. The molecule has 2 aromatic carbocycles. The fraction of sp³-hybridized carbons (Fsp3) is 0.350. The van der Waals surface area contributed by atoms with Crippen LogP contribution in [0.5, 0.6) is 0 Å². The van der Waals surface area contributed by atoms with Crippen molar-refractivity contribution in [3.63, 3.8) is 0 Å². The lowest BCUT2D eigenvalue weighted by molar-refractivity contribution is -0.135. The summed E-state index contributed by atoms with van der Waals surface area (Å²) in [5.74, 6) is -0.0169. The van der Waals surface area contributed by atoms with E-state index in [1.165, 1.54) is 11.8 Å². The van der Waals surface area contributed by atoms with Crippen molar-refractivity contribution in [2.75, 3.05) is 13.7 Å². The minimum atomic E-state index is -0.508. The number of ketones is 1. The van der Waals surface area contributed by atoms with Gasteiger partial charge in [0.1, 0.15) is 6.10 Å². The Kier molecular flexibility index (Phi) is 6.64. The van der Waals surface area contributed by atoms with Crippen molar-refractivity contribution in [3.8, 4) is 0 Å². The first kappa shape index (κ1) is 18.1. The zero-order chi connectivity index (χ0) is 17.5. The molecule has 0 aliphatic carbocycles. The molecular formula is C20H22O4S. The van der Waals surface area contributed by atoms with E-state index in [0.717, 1.165) is 11.1 Å². The minimum absolute atomic E-state index is 0.0169. The monoisotopic (exact) mass is 358 g/mol. The van der Waals surface area contributed by atoms with Gasteiger partial charge in [-0.1, -0.05) is 60.7 Å². The summed E-state index contributed by atoms with van der Waals surface area (Å²) in [6.07, 6.45) is -0.508. The fourth-order valence-corrected chi connectivity index (χ4v) is 3.96. The third-order valence-electron chi connectivity index (χ3n) is 4.03. The molecule has 1 fully saturated rings. The van der Waals surface area contributed by atoms with Crippen LogP contribution < -0.4 is 0 Å². The Bertz CT molecular complexity index is 662. The van der Waals surface area contributed by atoms with E-state index in [2.05, 4.69) is 0 Å². The number of rotatable bonds is 8. The molecule has 0 amide bonds. The molecule has 3 rings (SSSR count). The Morgan fingerprint density at radius 3 is 2.12 bits per heavy atom. The lowest BCUT2D eigenvalue weighted by Gasteiger charge is -2.18. The zero-order valence-electron chi connectivity index (χ0n) is 14.2. The van der Waals surface area contributed by atoms with Crippen molar-refractivity contribution < 1.29 is 19.0 Å². The number of hydrogen-bond acceptors (Lipinski definition) is 5. The van der Waals surface area contributed by atoms with Gasteiger partial charge in [0, 0.05) is 7.11 Å². The SMILES string of the molecule is COC1S[C@H](COCc2ccccc2)[C@@H](OCc2ccccc2)C1=O. The Hall–Kier alpha value is -1.66. The second-order valence-corrected chi connectivity index (χ2v) is 7.17. The normalized spacial score (nSPS) is 23.1. The summed E-state index contributed by atoms with van der Waals surface area (Å²) < 4.78 is 17.0. The van der Waals surface area contributed by atoms with Gasteiger partial charge in [0.15, 0.2) is 5.44 Å². The molecule has 0 aromatic heterocycles. The highest BCUT2D eigenvalue weighted by Gasteiger charge is 2.44. The van der Waals surface area contributed by atoms with Crippen molar-refractivity contribution in [1.29, 1.82) is 0 Å². The van der Waals surface area contributed by atoms with Gasteiger partial charge in [-0.05, 0) is 11.1 Å². The van der Waals surface area contributed by atoms with Crippen molar-refractivity contribution in [1.82, 2.24) is 0 Å². The molecule has 0 radical (unpaired) electrons. The van der Waals surface area contributed by atoms with Crippen LogP contribution in [0.2, 0.25) is 0 Å². The molecule has 25 heavy (non-hydrogen) atoms. The van der Waals surface area contributed by atoms with Crippen LogP contribution in [0.1, 0.15) is 11.1 Å². The van der Waals surface area contributed by atoms with Crippen molar-refractivity contribution >= 4 is 17.5 Å². The number of carbonyl (C=O) groups excluding carboxylic acids is 1. The van der Waals surface area contributed by atoms with Crippen LogP contribution in [0, 0.1) is 0 Å².